The van der Waals surface area contributed by atoms with Gasteiger partial charge in [-0.15, -0.1) is 0 Å². The van der Waals surface area contributed by atoms with Crippen LogP contribution in [0.3, 0.4) is 0 Å². The van der Waals surface area contributed by atoms with E-state index in [1.807, 2.05) is 6.92 Å². The second-order valence-electron chi connectivity index (χ2n) is 5.54. The minimum absolute atomic E-state index is 0. The van der Waals surface area contributed by atoms with Gasteiger partial charge in [-0.2, -0.15) is 0 Å². The molecule has 0 aromatic carbocycles. The van der Waals surface area contributed by atoms with Crippen LogP contribution >= 0.6 is 11.6 Å². The number of rotatable bonds is 5. The van der Waals surface area contributed by atoms with E-state index < -0.39 is 5.97 Å². The van der Waals surface area contributed by atoms with Gasteiger partial charge in [-0.25, -0.2) is 14.6 Å². The number of aromatic nitrogens is 1. The zero-order valence-corrected chi connectivity index (χ0v) is 19.4. The Morgan fingerprint density at radius 2 is 1.69 bits per heavy atom. The number of carbonyl (C=O) groups is 2. The first kappa shape index (κ1) is 22.3. The van der Waals surface area contributed by atoms with Gasteiger partial charge in [0.15, 0.2) is 0 Å². The number of hydrogen-bond acceptors (Lipinski definition) is 5. The van der Waals surface area contributed by atoms with Gasteiger partial charge in [0.25, 0.3) is 0 Å². The molecular weight excluding hydrogens is 409 g/mol. The molecule has 0 fully saturated rings. The molecule has 26 heavy (non-hydrogen) atoms. The fourth-order valence-corrected chi connectivity index (χ4v) is 2.86. The van der Waals surface area contributed by atoms with Crippen LogP contribution in [0.15, 0.2) is 21.8 Å². The Morgan fingerprint density at radius 3 is 2.27 bits per heavy atom. The summed E-state index contributed by atoms with van der Waals surface area (Å²) in [6.45, 7) is 9.37. The Bertz CT molecular complexity index is 821. The van der Waals surface area contributed by atoms with Crippen molar-refractivity contribution in [2.45, 2.75) is 34.6 Å². The number of aromatic amines is 1. The van der Waals surface area contributed by atoms with E-state index in [1.165, 1.54) is 0 Å². The minimum atomic E-state index is -0.475. The summed E-state index contributed by atoms with van der Waals surface area (Å²) >= 11 is 6.09. The molecule has 1 N–H and O–H groups in total. The van der Waals surface area contributed by atoms with Crippen molar-refractivity contribution < 1.29 is 38.5 Å². The molecule has 2 heterocycles. The number of H-pyrrole nitrogens is 1. The van der Waals surface area contributed by atoms with Crippen LogP contribution in [0.2, 0.25) is 0 Å². The van der Waals surface area contributed by atoms with Crippen molar-refractivity contribution in [1.82, 2.24) is 4.98 Å². The number of nitrogens with one attached hydrogen (secondary N) is 1. The Kier molecular flexibility index (Phi) is 7.97. The maximum absolute atomic E-state index is 12.2. The fraction of sp³-hybridized carbons (Fsp3) is 0.389. The summed E-state index contributed by atoms with van der Waals surface area (Å²) in [4.78, 5) is 31.7. The van der Waals surface area contributed by atoms with E-state index in [0.29, 0.717) is 40.4 Å². The molecule has 0 unspecified atom stereocenters. The Labute approximate surface area is 170 Å². The zero-order chi connectivity index (χ0) is 18.7. The van der Waals surface area contributed by atoms with Gasteiger partial charge in [-0.05, 0) is 46.3 Å². The topological polar surface area (TPSA) is 80.8 Å². The van der Waals surface area contributed by atoms with Crippen LogP contribution in [0, 0.1) is 13.8 Å². The molecule has 0 atom stereocenters. The van der Waals surface area contributed by atoms with Crippen LogP contribution in [0.25, 0.3) is 6.08 Å². The van der Waals surface area contributed by atoms with Crippen molar-refractivity contribution in [2.75, 3.05) is 13.2 Å². The second-order valence-corrected chi connectivity index (χ2v) is 5.89. The molecule has 134 valence electrons. The maximum Gasteiger partial charge on any atom is 2.00 e. The van der Waals surface area contributed by atoms with Gasteiger partial charge < -0.3 is 14.5 Å². The van der Waals surface area contributed by atoms with Crippen LogP contribution in [0.4, 0.5) is 0 Å². The molecule has 8 heteroatoms. The van der Waals surface area contributed by atoms with Crippen LogP contribution < -0.4 is 0 Å². The Balaban J connectivity index is 0.00000338. The van der Waals surface area contributed by atoms with Crippen LogP contribution in [-0.2, 0) is 33.7 Å². The predicted molar refractivity (Wildman–Crippen MR) is 96.8 cm³/mol. The van der Waals surface area contributed by atoms with Gasteiger partial charge >= 0.3 is 31.4 Å². The SMILES string of the molecule is CCOC(=O)C1=C(C)C(Cl)=N/C1=C/c1[nH]c(C)c(C(=O)OCC)c1C.[Zn+2]. The second kappa shape index (κ2) is 9.29. The normalized spacial score (nSPS) is 15.0. The van der Waals surface area contributed by atoms with Gasteiger partial charge in [0.2, 0.25) is 0 Å². The quantitative estimate of drug-likeness (QED) is 0.571. The molecule has 0 aliphatic carbocycles. The number of ether oxygens (including phenoxy) is 2. The summed E-state index contributed by atoms with van der Waals surface area (Å²) in [6, 6.07) is 0. The number of aryl methyl sites for hydroxylation is 1. The van der Waals surface area contributed by atoms with Crippen molar-refractivity contribution in [2.24, 2.45) is 4.99 Å². The third-order valence-electron chi connectivity index (χ3n) is 3.88. The molecule has 0 saturated heterocycles. The summed E-state index contributed by atoms with van der Waals surface area (Å²) < 4.78 is 10.2. The van der Waals surface area contributed by atoms with Crippen molar-refractivity contribution >= 4 is 34.8 Å². The summed E-state index contributed by atoms with van der Waals surface area (Å²) in [7, 11) is 0. The van der Waals surface area contributed by atoms with Gasteiger partial charge in [0.1, 0.15) is 5.17 Å². The van der Waals surface area contributed by atoms with Crippen LogP contribution in [0.1, 0.15) is 48.1 Å². The molecule has 0 radical (unpaired) electrons. The van der Waals surface area contributed by atoms with Crippen LogP contribution in [-0.4, -0.2) is 35.3 Å². The summed E-state index contributed by atoms with van der Waals surface area (Å²) in [6.07, 6.45) is 1.69. The number of esters is 2. The molecule has 0 spiro atoms. The first-order valence-electron chi connectivity index (χ1n) is 8.02. The molecule has 1 aliphatic rings. The third-order valence-corrected chi connectivity index (χ3v) is 4.24. The number of carbonyl (C=O) groups excluding carboxylic acids is 2. The molecular formula is C18H21ClN2O4Zn+2. The number of halogens is 1. The van der Waals surface area contributed by atoms with Gasteiger partial charge in [-0.1, -0.05) is 11.6 Å². The monoisotopic (exact) mass is 428 g/mol. The Morgan fingerprint density at radius 1 is 1.12 bits per heavy atom. The van der Waals surface area contributed by atoms with Crippen molar-refractivity contribution in [3.63, 3.8) is 0 Å². The average Bonchev–Trinajstić information content (AvgIpc) is 2.96. The average molecular weight is 430 g/mol. The van der Waals surface area contributed by atoms with E-state index in [-0.39, 0.29) is 37.2 Å². The maximum atomic E-state index is 12.2. The number of hydrogen-bond donors (Lipinski definition) is 1. The summed E-state index contributed by atoms with van der Waals surface area (Å²) in [5.74, 6) is -0.860. The molecule has 1 aromatic heterocycles. The molecule has 2 rings (SSSR count). The van der Waals surface area contributed by atoms with E-state index in [0.717, 1.165) is 5.56 Å². The van der Waals surface area contributed by atoms with E-state index in [9.17, 15) is 9.59 Å². The molecule has 0 amide bonds. The van der Waals surface area contributed by atoms with Crippen LogP contribution in [0.5, 0.6) is 0 Å². The zero-order valence-electron chi connectivity index (χ0n) is 15.7. The molecule has 6 nitrogen and oxygen atoms in total. The van der Waals surface area contributed by atoms with Crippen molar-refractivity contribution in [1.29, 1.82) is 0 Å². The summed E-state index contributed by atoms with van der Waals surface area (Å²) in [5, 5.41) is 0.251. The largest absolute Gasteiger partial charge is 2.00 e. The van der Waals surface area contributed by atoms with Crippen molar-refractivity contribution in [3.8, 4) is 0 Å². The molecule has 1 aromatic rings. The summed E-state index contributed by atoms with van der Waals surface area (Å²) in [5.41, 5.74) is 3.87. The van der Waals surface area contributed by atoms with E-state index in [4.69, 9.17) is 21.1 Å². The molecule has 0 bridgehead atoms. The fourth-order valence-electron chi connectivity index (χ4n) is 2.67. The third kappa shape index (κ3) is 4.33. The number of allylic oxidation sites excluding steroid dienone is 1. The number of aliphatic imine (C=N–C) groups is 1. The van der Waals surface area contributed by atoms with Crippen molar-refractivity contribution in [3.05, 3.63) is 39.4 Å². The predicted octanol–water partition coefficient (Wildman–Crippen LogP) is 3.68. The first-order chi connectivity index (χ1) is 11.8. The van der Waals surface area contributed by atoms with Gasteiger partial charge in [-0.3, -0.25) is 0 Å². The van der Waals surface area contributed by atoms with Gasteiger partial charge in [0.05, 0.1) is 30.0 Å². The number of nitrogens with zero attached hydrogens (tertiary/aromatic N) is 1. The molecule has 1 aliphatic heterocycles. The first-order valence-corrected chi connectivity index (χ1v) is 8.40. The molecule has 0 saturated carbocycles. The minimum Gasteiger partial charge on any atom is -0.462 e. The van der Waals surface area contributed by atoms with E-state index in [2.05, 4.69) is 9.98 Å². The Hall–Kier alpha value is -1.72. The standard InChI is InChI=1S/C18H21ClN2O4.Zn/c1-6-24-17(22)14-9(3)12(20-11(14)5)8-13-15(18(23)25-7-2)10(4)16(19)21-13;/h8,20H,6-7H2,1-5H3;/q;+2/b13-8+;. The smallest absolute Gasteiger partial charge is 0.462 e. The van der Waals surface area contributed by atoms with E-state index in [1.54, 1.807) is 33.8 Å². The van der Waals surface area contributed by atoms with E-state index >= 15 is 0 Å². The van der Waals surface area contributed by atoms with Gasteiger partial charge in [0, 0.05) is 17.0 Å².